The Labute approximate surface area is 200 Å². The van der Waals surface area contributed by atoms with E-state index in [2.05, 4.69) is 31.4 Å². The first-order valence-electron chi connectivity index (χ1n) is 11.6. The Bertz CT molecular complexity index is 1160. The second-order valence-corrected chi connectivity index (χ2v) is 11.1. The fourth-order valence-corrected chi connectivity index (χ4v) is 5.84. The van der Waals surface area contributed by atoms with Crippen molar-refractivity contribution in [3.8, 4) is 0 Å². The molecule has 5 heteroatoms. The van der Waals surface area contributed by atoms with E-state index in [1.165, 1.54) is 4.88 Å². The summed E-state index contributed by atoms with van der Waals surface area (Å²) in [6.07, 6.45) is 2.86. The predicted octanol–water partition coefficient (Wildman–Crippen LogP) is 6.39. The third kappa shape index (κ3) is 5.19. The van der Waals surface area contributed by atoms with Gasteiger partial charge in [0.1, 0.15) is 5.00 Å². The molecule has 2 amide bonds. The highest BCUT2D eigenvalue weighted by Gasteiger charge is 2.34. The van der Waals surface area contributed by atoms with Crippen LogP contribution >= 0.6 is 11.3 Å². The van der Waals surface area contributed by atoms with Crippen LogP contribution in [0.25, 0.3) is 0 Å². The van der Waals surface area contributed by atoms with Crippen molar-refractivity contribution < 1.29 is 9.59 Å². The number of aryl methyl sites for hydroxylation is 1. The van der Waals surface area contributed by atoms with Crippen molar-refractivity contribution in [2.45, 2.75) is 53.5 Å². The second kappa shape index (κ2) is 9.52. The van der Waals surface area contributed by atoms with Crippen LogP contribution in [-0.2, 0) is 19.4 Å². The first kappa shape index (κ1) is 23.2. The van der Waals surface area contributed by atoms with Gasteiger partial charge < -0.3 is 10.6 Å². The average Bonchev–Trinajstić information content (AvgIpc) is 3.15. The zero-order valence-electron chi connectivity index (χ0n) is 19.8. The lowest BCUT2D eigenvalue weighted by atomic mass is 9.72. The molecule has 3 aromatic rings. The van der Waals surface area contributed by atoms with Gasteiger partial charge in [-0.1, -0.05) is 69.3 Å². The van der Waals surface area contributed by atoms with Gasteiger partial charge in [-0.2, -0.15) is 0 Å². The molecule has 4 nitrogen and oxygen atoms in total. The summed E-state index contributed by atoms with van der Waals surface area (Å²) in [5.41, 5.74) is 4.55. The number of hydrogen-bond acceptors (Lipinski definition) is 3. The molecule has 1 aliphatic rings. The van der Waals surface area contributed by atoms with E-state index >= 15 is 0 Å². The molecule has 0 radical (unpaired) electrons. The zero-order chi connectivity index (χ0) is 23.6. The Morgan fingerprint density at radius 3 is 2.39 bits per heavy atom. The minimum Gasteiger partial charge on any atom is -0.348 e. The maximum Gasteiger partial charge on any atom is 0.256 e. The van der Waals surface area contributed by atoms with Crippen LogP contribution in [-0.4, -0.2) is 11.8 Å². The molecule has 0 fully saturated rings. The standard InChI is InChI=1S/C28H32N2O2S/c1-18-10-8-9-13-21(18)25(31)30-27-24(26(32)29-17-19-11-6-5-7-12-19)22-15-14-20(28(2,3)4)16-23(22)33-27/h5-13,20H,14-17H2,1-4H3,(H,29,32)(H,30,31). The molecule has 172 valence electrons. The number of amides is 2. The first-order chi connectivity index (χ1) is 15.7. The molecule has 4 rings (SSSR count). The molecule has 1 atom stereocenters. The van der Waals surface area contributed by atoms with E-state index < -0.39 is 0 Å². The third-order valence-electron chi connectivity index (χ3n) is 6.63. The summed E-state index contributed by atoms with van der Waals surface area (Å²) in [6, 6.07) is 17.4. The number of anilines is 1. The van der Waals surface area contributed by atoms with Crippen LogP contribution in [0.15, 0.2) is 54.6 Å². The van der Waals surface area contributed by atoms with Crippen molar-refractivity contribution in [3.63, 3.8) is 0 Å². The molecule has 0 saturated carbocycles. The summed E-state index contributed by atoms with van der Waals surface area (Å²) < 4.78 is 0. The fraction of sp³-hybridized carbons (Fsp3) is 0.357. The fourth-order valence-electron chi connectivity index (χ4n) is 4.52. The lowest BCUT2D eigenvalue weighted by Crippen LogP contribution is -2.28. The van der Waals surface area contributed by atoms with E-state index in [-0.39, 0.29) is 17.2 Å². The average molecular weight is 461 g/mol. The molecule has 1 aromatic heterocycles. The van der Waals surface area contributed by atoms with Gasteiger partial charge in [0.15, 0.2) is 0 Å². The normalized spacial score (nSPS) is 15.6. The molecule has 2 N–H and O–H groups in total. The Morgan fingerprint density at radius 1 is 1.00 bits per heavy atom. The van der Waals surface area contributed by atoms with Crippen molar-refractivity contribution >= 4 is 28.2 Å². The number of thiophene rings is 1. The highest BCUT2D eigenvalue weighted by molar-refractivity contribution is 7.17. The van der Waals surface area contributed by atoms with Crippen molar-refractivity contribution in [2.75, 3.05) is 5.32 Å². The van der Waals surface area contributed by atoms with E-state index in [1.807, 2.05) is 61.5 Å². The van der Waals surface area contributed by atoms with E-state index in [0.717, 1.165) is 36.0 Å². The Balaban J connectivity index is 1.64. The summed E-state index contributed by atoms with van der Waals surface area (Å²) >= 11 is 1.57. The molecule has 0 aliphatic heterocycles. The van der Waals surface area contributed by atoms with E-state index in [0.29, 0.717) is 28.6 Å². The Morgan fingerprint density at radius 2 is 1.70 bits per heavy atom. The van der Waals surface area contributed by atoms with Crippen LogP contribution in [0.2, 0.25) is 0 Å². The number of nitrogens with one attached hydrogen (secondary N) is 2. The van der Waals surface area contributed by atoms with Gasteiger partial charge >= 0.3 is 0 Å². The quantitative estimate of drug-likeness (QED) is 0.463. The molecule has 33 heavy (non-hydrogen) atoms. The van der Waals surface area contributed by atoms with Gasteiger partial charge in [-0.3, -0.25) is 9.59 Å². The molecule has 2 aromatic carbocycles. The van der Waals surface area contributed by atoms with Crippen LogP contribution in [0, 0.1) is 18.3 Å². The number of carbonyl (C=O) groups is 2. The number of fused-ring (bicyclic) bond motifs is 1. The lowest BCUT2D eigenvalue weighted by molar-refractivity contribution is 0.0950. The van der Waals surface area contributed by atoms with Crippen LogP contribution in [0.1, 0.15) is 69.5 Å². The number of hydrogen-bond donors (Lipinski definition) is 2. The first-order valence-corrected chi connectivity index (χ1v) is 12.4. The molecule has 0 saturated heterocycles. The summed E-state index contributed by atoms with van der Waals surface area (Å²) in [6.45, 7) is 9.23. The van der Waals surface area contributed by atoms with Crippen LogP contribution in [0.4, 0.5) is 5.00 Å². The topological polar surface area (TPSA) is 58.2 Å². The van der Waals surface area contributed by atoms with Crippen LogP contribution < -0.4 is 10.6 Å². The zero-order valence-corrected chi connectivity index (χ0v) is 20.6. The highest BCUT2D eigenvalue weighted by Crippen LogP contribution is 2.44. The minimum absolute atomic E-state index is 0.120. The SMILES string of the molecule is Cc1ccccc1C(=O)Nc1sc2c(c1C(=O)NCc1ccccc1)CCC(C(C)(C)C)C2. The largest absolute Gasteiger partial charge is 0.348 e. The van der Waals surface area contributed by atoms with E-state index in [4.69, 9.17) is 0 Å². The predicted molar refractivity (Wildman–Crippen MR) is 136 cm³/mol. The maximum atomic E-state index is 13.4. The second-order valence-electron chi connectivity index (χ2n) is 9.95. The van der Waals surface area contributed by atoms with Gasteiger partial charge in [0.05, 0.1) is 5.56 Å². The third-order valence-corrected chi connectivity index (χ3v) is 7.80. The van der Waals surface area contributed by atoms with Gasteiger partial charge in [-0.25, -0.2) is 0 Å². The summed E-state index contributed by atoms with van der Waals surface area (Å²) in [5, 5.41) is 6.81. The van der Waals surface area contributed by atoms with Gasteiger partial charge in [-0.05, 0) is 60.3 Å². The summed E-state index contributed by atoms with van der Waals surface area (Å²) in [5.74, 6) is 0.269. The van der Waals surface area contributed by atoms with E-state index in [1.54, 1.807) is 11.3 Å². The monoisotopic (exact) mass is 460 g/mol. The molecule has 0 bridgehead atoms. The van der Waals surface area contributed by atoms with Gasteiger partial charge in [0.25, 0.3) is 11.8 Å². The van der Waals surface area contributed by atoms with Crippen LogP contribution in [0.5, 0.6) is 0 Å². The number of rotatable bonds is 5. The molecular formula is C28H32N2O2S. The van der Waals surface area contributed by atoms with Gasteiger partial charge in [0.2, 0.25) is 0 Å². The lowest BCUT2D eigenvalue weighted by Gasteiger charge is -2.33. The van der Waals surface area contributed by atoms with Gasteiger partial charge in [-0.15, -0.1) is 11.3 Å². The molecule has 0 spiro atoms. The maximum absolute atomic E-state index is 13.4. The summed E-state index contributed by atoms with van der Waals surface area (Å²) in [4.78, 5) is 27.7. The van der Waals surface area contributed by atoms with Crippen molar-refractivity contribution in [1.82, 2.24) is 5.32 Å². The number of carbonyl (C=O) groups excluding carboxylic acids is 2. The van der Waals surface area contributed by atoms with Crippen molar-refractivity contribution in [1.29, 1.82) is 0 Å². The molecule has 1 aliphatic carbocycles. The Hall–Kier alpha value is -2.92. The molecular weight excluding hydrogens is 428 g/mol. The van der Waals surface area contributed by atoms with Crippen molar-refractivity contribution in [3.05, 3.63) is 87.3 Å². The minimum atomic E-state index is -0.170. The van der Waals surface area contributed by atoms with Crippen LogP contribution in [0.3, 0.4) is 0 Å². The smallest absolute Gasteiger partial charge is 0.256 e. The molecule has 1 unspecified atom stereocenters. The van der Waals surface area contributed by atoms with Gasteiger partial charge in [0, 0.05) is 17.0 Å². The molecule has 1 heterocycles. The van der Waals surface area contributed by atoms with E-state index in [9.17, 15) is 9.59 Å². The Kier molecular flexibility index (Phi) is 6.71. The number of benzene rings is 2. The summed E-state index contributed by atoms with van der Waals surface area (Å²) in [7, 11) is 0. The highest BCUT2D eigenvalue weighted by atomic mass is 32.1. The van der Waals surface area contributed by atoms with Crippen molar-refractivity contribution in [2.24, 2.45) is 11.3 Å².